The zero-order chi connectivity index (χ0) is 23.1. The van der Waals surface area contributed by atoms with Crippen molar-refractivity contribution in [2.45, 2.75) is 20.0 Å². The predicted molar refractivity (Wildman–Crippen MR) is 110 cm³/mol. The highest BCUT2D eigenvalue weighted by atomic mass is 19.2. The number of methoxy groups -OCH3 is 1. The van der Waals surface area contributed by atoms with E-state index in [-0.39, 0.29) is 6.10 Å². The van der Waals surface area contributed by atoms with Crippen molar-refractivity contribution in [3.8, 4) is 11.5 Å². The molecular weight excluding hydrogens is 413 g/mol. The Labute approximate surface area is 178 Å². The van der Waals surface area contributed by atoms with E-state index in [4.69, 9.17) is 9.47 Å². The largest absolute Gasteiger partial charge is 0.493 e. The molecule has 0 saturated carbocycles. The van der Waals surface area contributed by atoms with Gasteiger partial charge < -0.3 is 19.7 Å². The third kappa shape index (κ3) is 6.50. The molecule has 2 amide bonds. The quantitative estimate of drug-likeness (QED) is 0.502. The van der Waals surface area contributed by atoms with Gasteiger partial charge in [0.25, 0.3) is 0 Å². The van der Waals surface area contributed by atoms with Crippen molar-refractivity contribution in [3.05, 3.63) is 59.4 Å². The topological polar surface area (TPSA) is 67.9 Å². The number of rotatable bonds is 8. The lowest BCUT2D eigenvalue weighted by molar-refractivity contribution is -0.129. The lowest BCUT2D eigenvalue weighted by Gasteiger charge is -2.15. The van der Waals surface area contributed by atoms with Gasteiger partial charge in [-0.1, -0.05) is 6.07 Å². The highest BCUT2D eigenvalue weighted by Crippen LogP contribution is 2.29. The van der Waals surface area contributed by atoms with Crippen molar-refractivity contribution < 1.29 is 32.2 Å². The number of carbonyl (C=O) groups is 2. The Morgan fingerprint density at radius 1 is 1.10 bits per heavy atom. The van der Waals surface area contributed by atoms with E-state index in [9.17, 15) is 22.8 Å². The maximum Gasteiger partial charge on any atom is 0.246 e. The van der Waals surface area contributed by atoms with Gasteiger partial charge in [-0.2, -0.15) is 0 Å². The number of ether oxygens (including phenoxy) is 2. The first kappa shape index (κ1) is 23.8. The molecule has 9 heteroatoms. The number of likely N-dealkylation sites (N-methyl/N-ethyl adjacent to an activating group) is 1. The number of halogens is 3. The molecule has 0 saturated heterocycles. The maximum atomic E-state index is 13.6. The molecular formula is C22H23F3N2O4. The van der Waals surface area contributed by atoms with Crippen molar-refractivity contribution >= 4 is 23.6 Å². The second-order valence-corrected chi connectivity index (χ2v) is 6.88. The van der Waals surface area contributed by atoms with Gasteiger partial charge in [0.05, 0.1) is 25.4 Å². The average molecular weight is 436 g/mol. The molecule has 31 heavy (non-hydrogen) atoms. The number of carbonyl (C=O) groups excluding carboxylic acids is 2. The van der Waals surface area contributed by atoms with Gasteiger partial charge in [-0.05, 0) is 49.8 Å². The van der Waals surface area contributed by atoms with Crippen LogP contribution in [0.25, 0.3) is 6.08 Å². The number of benzene rings is 2. The molecule has 0 atom stereocenters. The number of anilines is 1. The van der Waals surface area contributed by atoms with Crippen LogP contribution in [0.4, 0.5) is 18.9 Å². The average Bonchev–Trinajstić information content (AvgIpc) is 2.72. The van der Waals surface area contributed by atoms with Gasteiger partial charge >= 0.3 is 0 Å². The molecule has 0 spiro atoms. The van der Waals surface area contributed by atoms with Gasteiger partial charge in [0, 0.05) is 13.1 Å². The van der Waals surface area contributed by atoms with Gasteiger partial charge in [0.2, 0.25) is 11.8 Å². The van der Waals surface area contributed by atoms with Crippen LogP contribution in [0.1, 0.15) is 19.4 Å². The van der Waals surface area contributed by atoms with Crippen molar-refractivity contribution in [2.75, 3.05) is 26.0 Å². The third-order valence-electron chi connectivity index (χ3n) is 4.03. The van der Waals surface area contributed by atoms with E-state index >= 15 is 0 Å². The zero-order valence-electron chi connectivity index (χ0n) is 17.5. The first-order valence-electron chi connectivity index (χ1n) is 9.33. The molecule has 2 aromatic rings. The lowest BCUT2D eigenvalue weighted by Crippen LogP contribution is -2.34. The van der Waals surface area contributed by atoms with Gasteiger partial charge in [-0.25, -0.2) is 13.2 Å². The van der Waals surface area contributed by atoms with Crippen LogP contribution in [-0.4, -0.2) is 43.5 Å². The molecule has 0 heterocycles. The van der Waals surface area contributed by atoms with Crippen LogP contribution in [0.3, 0.4) is 0 Å². The van der Waals surface area contributed by atoms with Gasteiger partial charge in [-0.3, -0.25) is 9.59 Å². The monoisotopic (exact) mass is 436 g/mol. The van der Waals surface area contributed by atoms with Crippen LogP contribution >= 0.6 is 0 Å². The molecule has 0 aliphatic rings. The Kier molecular flexibility index (Phi) is 8.07. The summed E-state index contributed by atoms with van der Waals surface area (Å²) < 4.78 is 50.8. The normalized spacial score (nSPS) is 11.0. The number of hydrogen-bond donors (Lipinski definition) is 1. The third-order valence-corrected chi connectivity index (χ3v) is 4.03. The molecule has 6 nitrogen and oxygen atoms in total. The number of hydrogen-bond acceptors (Lipinski definition) is 4. The van der Waals surface area contributed by atoms with E-state index in [1.807, 2.05) is 13.8 Å². The minimum atomic E-state index is -1.69. The number of amides is 2. The van der Waals surface area contributed by atoms with Crippen LogP contribution in [0, 0.1) is 17.5 Å². The fourth-order valence-corrected chi connectivity index (χ4v) is 2.54. The molecule has 0 aliphatic carbocycles. The molecule has 0 aliphatic heterocycles. The summed E-state index contributed by atoms with van der Waals surface area (Å²) >= 11 is 0. The Morgan fingerprint density at radius 2 is 1.81 bits per heavy atom. The van der Waals surface area contributed by atoms with Crippen molar-refractivity contribution in [2.24, 2.45) is 0 Å². The highest BCUT2D eigenvalue weighted by Gasteiger charge is 2.17. The predicted octanol–water partition coefficient (Wildman–Crippen LogP) is 4.01. The molecule has 0 radical (unpaired) electrons. The molecule has 0 bridgehead atoms. The van der Waals surface area contributed by atoms with Crippen molar-refractivity contribution in [1.82, 2.24) is 4.90 Å². The summed E-state index contributed by atoms with van der Waals surface area (Å²) in [7, 11) is 2.87. The molecule has 0 fully saturated rings. The SMILES string of the molecule is COc1cc(C=CC(=O)N(C)CC(=O)Nc2ccc(F)c(F)c2F)ccc1OC(C)C. The minimum Gasteiger partial charge on any atom is -0.493 e. The number of nitrogens with one attached hydrogen (secondary N) is 1. The summed E-state index contributed by atoms with van der Waals surface area (Å²) in [5.74, 6) is -4.77. The second kappa shape index (κ2) is 10.5. The van der Waals surface area contributed by atoms with Gasteiger partial charge in [0.15, 0.2) is 29.0 Å². The van der Waals surface area contributed by atoms with Crippen LogP contribution in [-0.2, 0) is 9.59 Å². The molecule has 2 aromatic carbocycles. The summed E-state index contributed by atoms with van der Waals surface area (Å²) in [4.78, 5) is 25.4. The Hall–Kier alpha value is -3.49. The molecule has 166 valence electrons. The summed E-state index contributed by atoms with van der Waals surface area (Å²) in [5.41, 5.74) is 0.152. The summed E-state index contributed by atoms with van der Waals surface area (Å²) in [6, 6.07) is 6.74. The van der Waals surface area contributed by atoms with E-state index in [2.05, 4.69) is 5.32 Å². The maximum absolute atomic E-state index is 13.6. The molecule has 2 rings (SSSR count). The van der Waals surface area contributed by atoms with E-state index in [1.54, 1.807) is 18.2 Å². The first-order chi connectivity index (χ1) is 14.6. The van der Waals surface area contributed by atoms with Gasteiger partial charge in [-0.15, -0.1) is 0 Å². The smallest absolute Gasteiger partial charge is 0.246 e. The van der Waals surface area contributed by atoms with Crippen LogP contribution in [0.15, 0.2) is 36.4 Å². The van der Waals surface area contributed by atoms with Gasteiger partial charge in [0.1, 0.15) is 0 Å². The zero-order valence-corrected chi connectivity index (χ0v) is 17.5. The second-order valence-electron chi connectivity index (χ2n) is 6.88. The van der Waals surface area contributed by atoms with Crippen LogP contribution < -0.4 is 14.8 Å². The lowest BCUT2D eigenvalue weighted by atomic mass is 10.2. The van der Waals surface area contributed by atoms with E-state index < -0.39 is 41.5 Å². The summed E-state index contributed by atoms with van der Waals surface area (Å²) in [5, 5.41) is 2.11. The van der Waals surface area contributed by atoms with E-state index in [1.165, 1.54) is 26.3 Å². The Balaban J connectivity index is 1.99. The summed E-state index contributed by atoms with van der Waals surface area (Å²) in [6.45, 7) is 3.35. The van der Waals surface area contributed by atoms with E-state index in [0.717, 1.165) is 11.0 Å². The Bertz CT molecular complexity index is 993. The summed E-state index contributed by atoms with van der Waals surface area (Å²) in [6.07, 6.45) is 2.76. The minimum absolute atomic E-state index is 0.0310. The van der Waals surface area contributed by atoms with E-state index in [0.29, 0.717) is 23.1 Å². The van der Waals surface area contributed by atoms with Crippen LogP contribution in [0.2, 0.25) is 0 Å². The molecule has 0 unspecified atom stereocenters. The fraction of sp³-hybridized carbons (Fsp3) is 0.273. The Morgan fingerprint density at radius 3 is 2.45 bits per heavy atom. The molecule has 0 aromatic heterocycles. The number of nitrogens with zero attached hydrogens (tertiary/aromatic N) is 1. The first-order valence-corrected chi connectivity index (χ1v) is 9.33. The molecule has 1 N–H and O–H groups in total. The standard InChI is InChI=1S/C22H23F3N2O4/c1-13(2)31-17-9-5-14(11-18(17)30-4)6-10-20(29)27(3)12-19(28)26-16-8-7-15(23)21(24)22(16)25/h5-11,13H,12H2,1-4H3,(H,26,28). The van der Waals surface area contributed by atoms with Crippen molar-refractivity contribution in [1.29, 1.82) is 0 Å². The fourth-order valence-electron chi connectivity index (χ4n) is 2.54. The highest BCUT2D eigenvalue weighted by molar-refractivity contribution is 5.98. The van der Waals surface area contributed by atoms with Crippen LogP contribution in [0.5, 0.6) is 11.5 Å². The van der Waals surface area contributed by atoms with Crippen molar-refractivity contribution in [3.63, 3.8) is 0 Å².